The first-order valence-electron chi connectivity index (χ1n) is 12.2. The number of unbranched alkanes of at least 4 members (excludes halogenated alkanes) is 1. The maximum absolute atomic E-state index is 12.0. The third kappa shape index (κ3) is 28.9. The summed E-state index contributed by atoms with van der Waals surface area (Å²) in [6, 6.07) is 7.45. The maximum atomic E-state index is 12.0. The average molecular weight is 668 g/mol. The molecule has 1 rings (SSSR count). The molecular weight excluding hydrogens is 604 g/mol. The number of nitrogens with zero attached hydrogens (tertiary/aromatic N) is 1. The molecule has 0 fully saturated rings. The van der Waals surface area contributed by atoms with Crippen molar-refractivity contribution in [1.29, 1.82) is 0 Å². The number of rotatable bonds is 18. The van der Waals surface area contributed by atoms with Crippen LogP contribution >= 0.6 is 0 Å². The van der Waals surface area contributed by atoms with Crippen molar-refractivity contribution >= 4 is 23.4 Å². The monoisotopic (exact) mass is 667 g/mol. The number of amides is 2. The molecule has 8 nitrogen and oxygen atoms in total. The topological polar surface area (TPSA) is 116 Å². The van der Waals surface area contributed by atoms with Crippen LogP contribution in [0.1, 0.15) is 109 Å². The molecule has 1 atom stereocenters. The largest absolute Gasteiger partial charge is 1.00 e. The van der Waals surface area contributed by atoms with Crippen molar-refractivity contribution in [2.45, 2.75) is 110 Å². The fraction of sp³-hybridized carbons (Fsp3) is 0.636. The zero-order valence-electron chi connectivity index (χ0n) is 22.5. The number of allylic oxidation sites excluding steroid dienone is 2. The molecule has 0 saturated heterocycles. The van der Waals surface area contributed by atoms with E-state index in [1.54, 1.807) is 20.0 Å². The van der Waals surface area contributed by atoms with Gasteiger partial charge in [-0.25, -0.2) is 0 Å². The van der Waals surface area contributed by atoms with Crippen molar-refractivity contribution < 1.29 is 82.1 Å². The van der Waals surface area contributed by atoms with Crippen LogP contribution in [0.3, 0.4) is 0 Å². The molecule has 0 saturated carbocycles. The number of carbonyl (C=O) groups excluding carboxylic acids is 4. The third-order valence-electron chi connectivity index (χ3n) is 5.61. The summed E-state index contributed by atoms with van der Waals surface area (Å²) in [6.45, 7) is 6.42. The van der Waals surface area contributed by atoms with E-state index in [-0.39, 0.29) is 145 Å². The quantitative estimate of drug-likeness (QED) is 0.177. The molecule has 1 aromatic carbocycles. The van der Waals surface area contributed by atoms with Gasteiger partial charge in [-0.15, -0.1) is 6.54 Å². The SMILES string of the molecule is C.C.C.C.C.C.CN/C(C)=C\C(=O)Cc1ccc(C[N-]C(=O)COCCCC(=O)NCCCCC(C)C(C)=O)cc1.[Rb+]. The van der Waals surface area contributed by atoms with Gasteiger partial charge >= 0.3 is 58.2 Å². The van der Waals surface area contributed by atoms with Crippen molar-refractivity contribution in [3.05, 3.63) is 52.5 Å². The summed E-state index contributed by atoms with van der Waals surface area (Å²) in [7, 11) is 1.77. The molecule has 0 aromatic heterocycles. The minimum Gasteiger partial charge on any atom is -0.648 e. The van der Waals surface area contributed by atoms with Crippen molar-refractivity contribution in [2.24, 2.45) is 5.92 Å². The second-order valence-corrected chi connectivity index (χ2v) is 8.76. The molecule has 0 spiro atoms. The second kappa shape index (κ2) is 34.3. The predicted molar refractivity (Wildman–Crippen MR) is 177 cm³/mol. The molecule has 1 unspecified atom stereocenters. The van der Waals surface area contributed by atoms with Gasteiger partial charge in [0.25, 0.3) is 0 Å². The zero-order chi connectivity index (χ0) is 26.1. The Kier molecular flexibility index (Phi) is 46.2. The molecule has 0 bridgehead atoms. The molecule has 1 aromatic rings. The first kappa shape index (κ1) is 56.6. The summed E-state index contributed by atoms with van der Waals surface area (Å²) in [6.07, 6.45) is 5.38. The number of nitrogens with one attached hydrogen (secondary N) is 2. The second-order valence-electron chi connectivity index (χ2n) is 8.76. The van der Waals surface area contributed by atoms with E-state index < -0.39 is 0 Å². The Morgan fingerprint density at radius 3 is 2.02 bits per heavy atom. The molecule has 0 heterocycles. The summed E-state index contributed by atoms with van der Waals surface area (Å²) in [5.74, 6) is -0.0819. The molecule has 2 N–H and O–H groups in total. The Morgan fingerprint density at radius 2 is 1.48 bits per heavy atom. The van der Waals surface area contributed by atoms with Crippen molar-refractivity contribution in [1.82, 2.24) is 10.6 Å². The normalized spacial score (nSPS) is 10.0. The Hall–Kier alpha value is -1.19. The van der Waals surface area contributed by atoms with Crippen molar-refractivity contribution in [2.75, 3.05) is 26.8 Å². The number of benzene rings is 1. The first-order chi connectivity index (χ1) is 16.7. The van der Waals surface area contributed by atoms with E-state index >= 15 is 0 Å². The van der Waals surface area contributed by atoms with Crippen LogP contribution in [0.2, 0.25) is 0 Å². The molecule has 0 radical (unpaired) electrons. The van der Waals surface area contributed by atoms with Gasteiger partial charge in [-0.1, -0.05) is 87.7 Å². The summed E-state index contributed by atoms with van der Waals surface area (Å²) in [4.78, 5) is 46.9. The number of hydrogen-bond acceptors (Lipinski definition) is 6. The number of hydrogen-bond donors (Lipinski definition) is 2. The minimum atomic E-state index is -0.346. The van der Waals surface area contributed by atoms with Gasteiger partial charge in [0.1, 0.15) is 5.78 Å². The van der Waals surface area contributed by atoms with Crippen LogP contribution in [-0.2, 0) is 36.9 Å². The van der Waals surface area contributed by atoms with Gasteiger partial charge in [0.2, 0.25) is 5.91 Å². The van der Waals surface area contributed by atoms with Gasteiger partial charge < -0.3 is 25.5 Å². The van der Waals surface area contributed by atoms with Crippen LogP contribution in [0.4, 0.5) is 0 Å². The van der Waals surface area contributed by atoms with Gasteiger partial charge in [-0.05, 0) is 38.7 Å². The minimum absolute atomic E-state index is 0. The smallest absolute Gasteiger partial charge is 0.648 e. The van der Waals surface area contributed by atoms with Gasteiger partial charge in [-0.2, -0.15) is 0 Å². The predicted octanol–water partition coefficient (Wildman–Crippen LogP) is 4.45. The number of ether oxygens (including phenoxy) is 1. The van der Waals surface area contributed by atoms with E-state index in [4.69, 9.17) is 4.74 Å². The molecule has 0 aliphatic heterocycles. The third-order valence-corrected chi connectivity index (χ3v) is 5.61. The molecule has 0 aliphatic rings. The summed E-state index contributed by atoms with van der Waals surface area (Å²) >= 11 is 0. The van der Waals surface area contributed by atoms with Crippen molar-refractivity contribution in [3.63, 3.8) is 0 Å². The van der Waals surface area contributed by atoms with Gasteiger partial charge in [-0.3, -0.25) is 14.4 Å². The number of Topliss-reactive ketones (excluding diaryl/α,β-unsaturated/α-hetero) is 1. The summed E-state index contributed by atoms with van der Waals surface area (Å²) < 4.78 is 5.33. The Bertz CT molecular complexity index is 858. The van der Waals surface area contributed by atoms with Crippen LogP contribution in [0.5, 0.6) is 0 Å². The van der Waals surface area contributed by atoms with Gasteiger partial charge in [0.15, 0.2) is 5.78 Å². The summed E-state index contributed by atoms with van der Waals surface area (Å²) in [5.41, 5.74) is 2.60. The van der Waals surface area contributed by atoms with E-state index in [1.165, 1.54) is 0 Å². The standard InChI is InChI=1S/C27H41N3O5.6CH4.Rb/c1-20(22(3)31)8-5-6-14-29-26(33)9-7-15-35-19-27(34)30-18-24-12-10-23(11-13-24)17-25(32)16-21(2)28-4;;;;;;;/h10-13,16,20H,5-9,14-15,17-19H2,1-4H3,(H3,28,29,30,32,33,34);6*1H4;/q;;;;;;;+1/p-1. The van der Waals surface area contributed by atoms with Gasteiger partial charge in [0, 0.05) is 50.7 Å². The van der Waals surface area contributed by atoms with Gasteiger partial charge in [0.05, 0.1) is 12.5 Å². The Balaban J connectivity index is -0.000000350. The molecule has 42 heavy (non-hydrogen) atoms. The molecule has 242 valence electrons. The fourth-order valence-corrected chi connectivity index (χ4v) is 3.14. The van der Waals surface area contributed by atoms with Crippen LogP contribution in [0, 0.1) is 5.92 Å². The van der Waals surface area contributed by atoms with E-state index in [0.29, 0.717) is 32.4 Å². The fourth-order valence-electron chi connectivity index (χ4n) is 3.14. The number of ketones is 2. The number of carbonyl (C=O) groups is 4. The first-order valence-corrected chi connectivity index (χ1v) is 12.2. The van der Waals surface area contributed by atoms with Crippen LogP contribution in [0.15, 0.2) is 36.0 Å². The van der Waals surface area contributed by atoms with E-state index in [1.807, 2.05) is 38.1 Å². The Labute approximate surface area is 308 Å². The van der Waals surface area contributed by atoms with Crippen molar-refractivity contribution in [3.8, 4) is 0 Å². The molecule has 0 aliphatic carbocycles. The van der Waals surface area contributed by atoms with E-state index in [0.717, 1.165) is 36.1 Å². The zero-order valence-corrected chi connectivity index (χ0v) is 27.4. The molecule has 9 heteroatoms. The van der Waals surface area contributed by atoms with E-state index in [2.05, 4.69) is 16.0 Å². The average Bonchev–Trinajstić information content (AvgIpc) is 2.82. The summed E-state index contributed by atoms with van der Waals surface area (Å²) in [5, 5.41) is 9.78. The van der Waals surface area contributed by atoms with Crippen LogP contribution in [-0.4, -0.2) is 50.2 Å². The van der Waals surface area contributed by atoms with Crippen LogP contribution in [0.25, 0.3) is 5.32 Å². The Morgan fingerprint density at radius 1 is 0.905 bits per heavy atom. The van der Waals surface area contributed by atoms with Crippen LogP contribution < -0.4 is 68.8 Å². The maximum Gasteiger partial charge on any atom is 1.00 e. The molecule has 2 amide bonds. The van der Waals surface area contributed by atoms with E-state index in [9.17, 15) is 19.2 Å². The molecular formula is C33H64N3O5Rb.